The Morgan fingerprint density at radius 3 is 2.33 bits per heavy atom. The molecule has 1 aromatic carbocycles. The molecule has 21 heavy (non-hydrogen) atoms. The van der Waals surface area contributed by atoms with E-state index in [1.807, 2.05) is 0 Å². The fourth-order valence-corrected chi connectivity index (χ4v) is 2.85. The van der Waals surface area contributed by atoms with Gasteiger partial charge in [0.05, 0.1) is 4.90 Å². The predicted octanol–water partition coefficient (Wildman–Crippen LogP) is 3.22. The van der Waals surface area contributed by atoms with Crippen LogP contribution in [0.3, 0.4) is 0 Å². The standard InChI is InChI=1S/C14H20BrNO4S/c1-14(2,3)20-13(17)16(4)9-10-6-7-11(8-12(10)15)21(5,18)19/h6-8H,9H2,1-5H3. The number of carbonyl (C=O) groups is 1. The van der Waals surface area contributed by atoms with E-state index in [4.69, 9.17) is 4.74 Å². The fourth-order valence-electron chi connectivity index (χ4n) is 1.55. The zero-order valence-corrected chi connectivity index (χ0v) is 15.2. The van der Waals surface area contributed by atoms with Gasteiger partial charge < -0.3 is 9.64 Å². The predicted molar refractivity (Wildman–Crippen MR) is 85.0 cm³/mol. The minimum absolute atomic E-state index is 0.234. The number of rotatable bonds is 3. The van der Waals surface area contributed by atoms with Crippen LogP contribution in [0, 0.1) is 0 Å². The summed E-state index contributed by atoms with van der Waals surface area (Å²) in [6.45, 7) is 5.72. The Morgan fingerprint density at radius 2 is 1.90 bits per heavy atom. The molecular weight excluding hydrogens is 358 g/mol. The van der Waals surface area contributed by atoms with Gasteiger partial charge in [0.15, 0.2) is 9.84 Å². The molecule has 0 saturated carbocycles. The van der Waals surface area contributed by atoms with Crippen molar-refractivity contribution in [3.63, 3.8) is 0 Å². The summed E-state index contributed by atoms with van der Waals surface area (Å²) in [5.41, 5.74) is 0.249. The summed E-state index contributed by atoms with van der Waals surface area (Å²) in [5.74, 6) is 0. The summed E-state index contributed by atoms with van der Waals surface area (Å²) in [6.07, 6.45) is 0.725. The summed E-state index contributed by atoms with van der Waals surface area (Å²) in [7, 11) is -1.62. The first-order valence-corrected chi connectivity index (χ1v) is 9.01. The number of hydrogen-bond donors (Lipinski definition) is 0. The normalized spacial score (nSPS) is 12.1. The maximum absolute atomic E-state index is 11.9. The first-order chi connectivity index (χ1) is 9.40. The van der Waals surface area contributed by atoms with Gasteiger partial charge in [-0.05, 0) is 38.5 Å². The SMILES string of the molecule is CN(Cc1ccc(S(C)(=O)=O)cc1Br)C(=O)OC(C)(C)C. The second kappa shape index (κ2) is 6.36. The van der Waals surface area contributed by atoms with Crippen molar-refractivity contribution in [3.8, 4) is 0 Å². The van der Waals surface area contributed by atoms with Crippen LogP contribution in [-0.2, 0) is 21.1 Å². The second-order valence-electron chi connectivity index (χ2n) is 5.86. The largest absolute Gasteiger partial charge is 0.444 e. The van der Waals surface area contributed by atoms with E-state index in [1.54, 1.807) is 33.9 Å². The molecule has 0 aromatic heterocycles. The fraction of sp³-hybridized carbons (Fsp3) is 0.500. The zero-order valence-electron chi connectivity index (χ0n) is 12.8. The maximum atomic E-state index is 11.9. The minimum Gasteiger partial charge on any atom is -0.444 e. The average Bonchev–Trinajstić information content (AvgIpc) is 2.27. The summed E-state index contributed by atoms with van der Waals surface area (Å²) >= 11 is 3.34. The van der Waals surface area contributed by atoms with Crippen LogP contribution in [0.25, 0.3) is 0 Å². The molecule has 1 aromatic rings. The number of carbonyl (C=O) groups excluding carboxylic acids is 1. The third-order valence-electron chi connectivity index (χ3n) is 2.57. The van der Waals surface area contributed by atoms with Crippen molar-refractivity contribution in [2.24, 2.45) is 0 Å². The molecule has 0 atom stereocenters. The molecule has 1 rings (SSSR count). The highest BCUT2D eigenvalue weighted by molar-refractivity contribution is 9.10. The van der Waals surface area contributed by atoms with Crippen molar-refractivity contribution in [2.45, 2.75) is 37.8 Å². The number of halogens is 1. The van der Waals surface area contributed by atoms with Crippen molar-refractivity contribution < 1.29 is 17.9 Å². The zero-order chi connectivity index (χ0) is 16.4. The van der Waals surface area contributed by atoms with E-state index in [9.17, 15) is 13.2 Å². The molecule has 5 nitrogen and oxygen atoms in total. The molecule has 118 valence electrons. The van der Waals surface area contributed by atoms with E-state index >= 15 is 0 Å². The number of nitrogens with zero attached hydrogens (tertiary/aromatic N) is 1. The van der Waals surface area contributed by atoms with Crippen molar-refractivity contribution in [1.29, 1.82) is 0 Å². The number of sulfone groups is 1. The van der Waals surface area contributed by atoms with Crippen LogP contribution in [0.5, 0.6) is 0 Å². The van der Waals surface area contributed by atoms with Gasteiger partial charge in [-0.25, -0.2) is 13.2 Å². The number of amides is 1. The first-order valence-electron chi connectivity index (χ1n) is 6.33. The molecule has 0 bridgehead atoms. The van der Waals surface area contributed by atoms with Gasteiger partial charge in [-0.15, -0.1) is 0 Å². The molecule has 1 amide bonds. The topological polar surface area (TPSA) is 63.7 Å². The Bertz CT molecular complexity index is 635. The van der Waals surface area contributed by atoms with Crippen LogP contribution in [0.1, 0.15) is 26.3 Å². The summed E-state index contributed by atoms with van der Waals surface area (Å²) in [6, 6.07) is 4.74. The Kier molecular flexibility index (Phi) is 5.44. The molecule has 7 heteroatoms. The molecule has 0 fully saturated rings. The molecule has 0 aliphatic rings. The van der Waals surface area contributed by atoms with Gasteiger partial charge >= 0.3 is 6.09 Å². The van der Waals surface area contributed by atoms with Gasteiger partial charge in [-0.1, -0.05) is 22.0 Å². The smallest absolute Gasteiger partial charge is 0.410 e. The lowest BCUT2D eigenvalue weighted by molar-refractivity contribution is 0.0285. The Labute approximate surface area is 134 Å². The number of hydrogen-bond acceptors (Lipinski definition) is 4. The second-order valence-corrected chi connectivity index (χ2v) is 8.73. The Hall–Kier alpha value is -1.08. The molecule has 0 unspecified atom stereocenters. The maximum Gasteiger partial charge on any atom is 0.410 e. The van der Waals surface area contributed by atoms with Crippen LogP contribution in [0.4, 0.5) is 4.79 Å². The lowest BCUT2D eigenvalue weighted by atomic mass is 10.2. The van der Waals surface area contributed by atoms with Gasteiger partial charge in [0.1, 0.15) is 5.60 Å². The highest BCUT2D eigenvalue weighted by Crippen LogP contribution is 2.23. The van der Waals surface area contributed by atoms with Crippen molar-refractivity contribution in [2.75, 3.05) is 13.3 Å². The summed E-state index contributed by atoms with van der Waals surface area (Å²) in [5, 5.41) is 0. The molecule has 0 aliphatic carbocycles. The summed E-state index contributed by atoms with van der Waals surface area (Å²) in [4.78, 5) is 13.6. The molecule has 0 saturated heterocycles. The van der Waals surface area contributed by atoms with Gasteiger partial charge in [-0.2, -0.15) is 0 Å². The molecule has 0 heterocycles. The van der Waals surface area contributed by atoms with Crippen molar-refractivity contribution >= 4 is 31.9 Å². The van der Waals surface area contributed by atoms with E-state index in [0.29, 0.717) is 11.0 Å². The van der Waals surface area contributed by atoms with E-state index in [0.717, 1.165) is 11.8 Å². The van der Waals surface area contributed by atoms with Crippen LogP contribution < -0.4 is 0 Å². The Balaban J connectivity index is 2.87. The van der Waals surface area contributed by atoms with Crippen molar-refractivity contribution in [3.05, 3.63) is 28.2 Å². The third-order valence-corrected chi connectivity index (χ3v) is 4.41. The highest BCUT2D eigenvalue weighted by atomic mass is 79.9. The minimum atomic E-state index is -3.25. The van der Waals surface area contributed by atoms with Crippen LogP contribution in [0.2, 0.25) is 0 Å². The monoisotopic (exact) mass is 377 g/mol. The van der Waals surface area contributed by atoms with Gasteiger partial charge in [-0.3, -0.25) is 0 Å². The molecule has 0 N–H and O–H groups in total. The van der Waals surface area contributed by atoms with E-state index < -0.39 is 21.5 Å². The summed E-state index contributed by atoms with van der Waals surface area (Å²) < 4.78 is 28.9. The average molecular weight is 378 g/mol. The van der Waals surface area contributed by atoms with Crippen LogP contribution >= 0.6 is 15.9 Å². The van der Waals surface area contributed by atoms with E-state index in [2.05, 4.69) is 15.9 Å². The highest BCUT2D eigenvalue weighted by Gasteiger charge is 2.20. The lowest BCUT2D eigenvalue weighted by Crippen LogP contribution is -2.33. The van der Waals surface area contributed by atoms with Gasteiger partial charge in [0.25, 0.3) is 0 Å². The molecule has 0 radical (unpaired) electrons. The quantitative estimate of drug-likeness (QED) is 0.810. The van der Waals surface area contributed by atoms with E-state index in [-0.39, 0.29) is 4.90 Å². The van der Waals surface area contributed by atoms with Gasteiger partial charge in [0, 0.05) is 24.3 Å². The van der Waals surface area contributed by atoms with E-state index in [1.165, 1.54) is 17.0 Å². The van der Waals surface area contributed by atoms with Gasteiger partial charge in [0.2, 0.25) is 0 Å². The lowest BCUT2D eigenvalue weighted by Gasteiger charge is -2.25. The van der Waals surface area contributed by atoms with Crippen LogP contribution in [-0.4, -0.2) is 38.3 Å². The van der Waals surface area contributed by atoms with Crippen molar-refractivity contribution in [1.82, 2.24) is 4.90 Å². The Morgan fingerprint density at radius 1 is 1.33 bits per heavy atom. The molecule has 0 aliphatic heterocycles. The first kappa shape index (κ1) is 18.0. The van der Waals surface area contributed by atoms with Crippen LogP contribution in [0.15, 0.2) is 27.6 Å². The number of benzene rings is 1. The molecular formula is C14H20BrNO4S. The third kappa shape index (κ3) is 5.67. The number of ether oxygens (including phenoxy) is 1. The molecule has 0 spiro atoms.